The Morgan fingerprint density at radius 3 is 2.54 bits per heavy atom. The van der Waals surface area contributed by atoms with Gasteiger partial charge >= 0.3 is 12.2 Å². The number of likely N-dealkylation sites (tertiary alicyclic amines) is 1. The van der Waals surface area contributed by atoms with Gasteiger partial charge in [0.15, 0.2) is 0 Å². The van der Waals surface area contributed by atoms with E-state index < -0.39 is 35.8 Å². The maximum atomic E-state index is 13.1. The molecule has 3 aromatic rings. The first-order valence-electron chi connectivity index (χ1n) is 11.6. The number of fused-ring (bicyclic) bond motifs is 1. The number of nitrogens with zero attached hydrogens (tertiary/aromatic N) is 4. The summed E-state index contributed by atoms with van der Waals surface area (Å²) in [6, 6.07) is 11.4. The van der Waals surface area contributed by atoms with E-state index in [9.17, 15) is 14.4 Å². The number of nitrogens with one attached hydrogen (secondary N) is 1. The van der Waals surface area contributed by atoms with Crippen LogP contribution in [0.3, 0.4) is 0 Å². The molecular weight excluding hydrogens is 482 g/mol. The van der Waals surface area contributed by atoms with Crippen molar-refractivity contribution in [1.29, 1.82) is 0 Å². The lowest BCUT2D eigenvalue weighted by Crippen LogP contribution is -2.67. The Balaban J connectivity index is 1.44. The van der Waals surface area contributed by atoms with Crippen molar-refractivity contribution in [3.8, 4) is 0 Å². The van der Waals surface area contributed by atoms with Gasteiger partial charge in [0.05, 0.1) is 18.3 Å². The number of carbonyl (C=O) groups is 3. The number of carbonyl (C=O) groups excluding carboxylic acids is 3. The summed E-state index contributed by atoms with van der Waals surface area (Å²) in [5.74, 6) is -0.286. The fraction of sp³-hybridized carbons (Fsp3) is 0.400. The Kier molecular flexibility index (Phi) is 7.69. The van der Waals surface area contributed by atoms with Gasteiger partial charge in [-0.25, -0.2) is 14.6 Å². The van der Waals surface area contributed by atoms with Crippen LogP contribution in [0.15, 0.2) is 48.7 Å². The van der Waals surface area contributed by atoms with Crippen molar-refractivity contribution >= 4 is 34.9 Å². The minimum Gasteiger partial charge on any atom is -0.445 e. The Morgan fingerprint density at radius 2 is 1.84 bits per heavy atom. The summed E-state index contributed by atoms with van der Waals surface area (Å²) in [5.41, 5.74) is 0.940. The molecule has 1 saturated heterocycles. The molecule has 2 aromatic heterocycles. The van der Waals surface area contributed by atoms with Crippen molar-refractivity contribution in [3.05, 3.63) is 54.2 Å². The number of methoxy groups -OCH3 is 1. The minimum atomic E-state index is -0.944. The summed E-state index contributed by atoms with van der Waals surface area (Å²) >= 11 is 0. The van der Waals surface area contributed by atoms with E-state index in [0.717, 1.165) is 10.2 Å². The Labute approximate surface area is 213 Å². The Hall–Kier alpha value is -4.03. The van der Waals surface area contributed by atoms with Crippen LogP contribution < -0.4 is 5.32 Å². The third-order valence-corrected chi connectivity index (χ3v) is 5.42. The summed E-state index contributed by atoms with van der Waals surface area (Å²) in [6.07, 6.45) is -0.458. The number of hydrogen-bond acceptors (Lipinski definition) is 9. The Morgan fingerprint density at radius 1 is 1.08 bits per heavy atom. The second kappa shape index (κ2) is 10.9. The molecule has 0 radical (unpaired) electrons. The molecule has 0 aliphatic carbocycles. The molecule has 0 bridgehead atoms. The van der Waals surface area contributed by atoms with Gasteiger partial charge in [-0.15, -0.1) is 0 Å². The van der Waals surface area contributed by atoms with Crippen molar-refractivity contribution in [1.82, 2.24) is 19.7 Å². The van der Waals surface area contributed by atoms with Crippen LogP contribution in [0.2, 0.25) is 0 Å². The molecule has 1 aliphatic heterocycles. The first kappa shape index (κ1) is 26.0. The van der Waals surface area contributed by atoms with Crippen molar-refractivity contribution < 1.29 is 33.3 Å². The zero-order valence-corrected chi connectivity index (χ0v) is 21.0. The van der Waals surface area contributed by atoms with E-state index in [4.69, 9.17) is 18.9 Å². The standard InChI is InChI=1S/C25H29N5O7/c1-25(2,3)37-24(33)30-18-10-11-20(27-17(18)12-26-30)28-22(31)21-19(36-15-34-4)13-29(21)23(32)35-14-16-8-6-5-7-9-16/h5-12,19,21H,13-15H2,1-4H3,(H,27,28,31)/t19-,21-/m1/s1. The van der Waals surface area contributed by atoms with E-state index >= 15 is 0 Å². The summed E-state index contributed by atoms with van der Waals surface area (Å²) in [6.45, 7) is 5.49. The molecule has 12 heteroatoms. The number of rotatable bonds is 7. The minimum absolute atomic E-state index is 0.0323. The van der Waals surface area contributed by atoms with Gasteiger partial charge in [-0.2, -0.15) is 9.78 Å². The summed E-state index contributed by atoms with van der Waals surface area (Å²) in [7, 11) is 1.47. The van der Waals surface area contributed by atoms with Gasteiger partial charge in [-0.3, -0.25) is 9.69 Å². The number of benzene rings is 1. The number of amides is 2. The normalized spacial score (nSPS) is 17.2. The SMILES string of the molecule is COCO[C@@H]1CN(C(=O)OCc2ccccc2)[C@H]1C(=O)Nc1ccc2c(cnn2C(=O)OC(C)(C)C)n1. The average Bonchev–Trinajstić information content (AvgIpc) is 3.25. The highest BCUT2D eigenvalue weighted by molar-refractivity contribution is 5.98. The molecule has 12 nitrogen and oxygen atoms in total. The lowest BCUT2D eigenvalue weighted by Gasteiger charge is -2.45. The van der Waals surface area contributed by atoms with Gasteiger partial charge in [-0.05, 0) is 38.5 Å². The van der Waals surface area contributed by atoms with Crippen LogP contribution in [0.1, 0.15) is 26.3 Å². The van der Waals surface area contributed by atoms with Crippen LogP contribution in [-0.4, -0.2) is 76.0 Å². The van der Waals surface area contributed by atoms with E-state index in [-0.39, 0.29) is 25.8 Å². The highest BCUT2D eigenvalue weighted by Crippen LogP contribution is 2.25. The molecule has 0 unspecified atom stereocenters. The van der Waals surface area contributed by atoms with Crippen LogP contribution in [0.25, 0.3) is 11.0 Å². The second-order valence-corrected chi connectivity index (χ2v) is 9.38. The van der Waals surface area contributed by atoms with Crippen molar-refractivity contribution in [2.24, 2.45) is 0 Å². The topological polar surface area (TPSA) is 134 Å². The molecule has 3 heterocycles. The first-order chi connectivity index (χ1) is 17.7. The van der Waals surface area contributed by atoms with Crippen LogP contribution in [0, 0.1) is 0 Å². The van der Waals surface area contributed by atoms with Gasteiger partial charge in [-0.1, -0.05) is 30.3 Å². The van der Waals surface area contributed by atoms with E-state index in [0.29, 0.717) is 11.0 Å². The molecule has 1 fully saturated rings. The maximum absolute atomic E-state index is 13.1. The lowest BCUT2D eigenvalue weighted by molar-refractivity contribution is -0.160. The van der Waals surface area contributed by atoms with Crippen LogP contribution >= 0.6 is 0 Å². The molecule has 37 heavy (non-hydrogen) atoms. The van der Waals surface area contributed by atoms with Gasteiger partial charge < -0.3 is 24.3 Å². The Bertz CT molecular complexity index is 1270. The molecule has 0 saturated carbocycles. The molecule has 1 aromatic carbocycles. The summed E-state index contributed by atoms with van der Waals surface area (Å²) < 4.78 is 22.4. The van der Waals surface area contributed by atoms with Crippen LogP contribution in [0.5, 0.6) is 0 Å². The smallest absolute Gasteiger partial charge is 0.435 e. The third kappa shape index (κ3) is 6.22. The van der Waals surface area contributed by atoms with Gasteiger partial charge in [0.1, 0.15) is 42.5 Å². The van der Waals surface area contributed by atoms with Crippen LogP contribution in [-0.2, 0) is 30.3 Å². The largest absolute Gasteiger partial charge is 0.445 e. The fourth-order valence-electron chi connectivity index (χ4n) is 3.71. The molecule has 1 aliphatic rings. The average molecular weight is 512 g/mol. The van der Waals surface area contributed by atoms with E-state index in [1.165, 1.54) is 24.3 Å². The predicted molar refractivity (Wildman–Crippen MR) is 132 cm³/mol. The van der Waals surface area contributed by atoms with Gasteiger partial charge in [0, 0.05) is 7.11 Å². The number of aromatic nitrogens is 3. The van der Waals surface area contributed by atoms with Crippen LogP contribution in [0.4, 0.5) is 15.4 Å². The highest BCUT2D eigenvalue weighted by atomic mass is 16.7. The van der Waals surface area contributed by atoms with E-state index in [1.807, 2.05) is 30.3 Å². The molecule has 2 atom stereocenters. The molecule has 196 valence electrons. The highest BCUT2D eigenvalue weighted by Gasteiger charge is 2.48. The molecule has 2 amide bonds. The fourth-order valence-corrected chi connectivity index (χ4v) is 3.71. The lowest BCUT2D eigenvalue weighted by atomic mass is 9.99. The van der Waals surface area contributed by atoms with Gasteiger partial charge in [0.25, 0.3) is 5.91 Å². The summed E-state index contributed by atoms with van der Waals surface area (Å²) in [5, 5.41) is 6.76. The third-order valence-electron chi connectivity index (χ3n) is 5.42. The number of anilines is 1. The zero-order chi connectivity index (χ0) is 26.6. The van der Waals surface area contributed by atoms with Gasteiger partial charge in [0.2, 0.25) is 0 Å². The van der Waals surface area contributed by atoms with E-state index in [2.05, 4.69) is 15.4 Å². The first-order valence-corrected chi connectivity index (χ1v) is 11.6. The molecule has 4 rings (SSSR count). The number of hydrogen-bond donors (Lipinski definition) is 1. The van der Waals surface area contributed by atoms with E-state index in [1.54, 1.807) is 26.8 Å². The quantitative estimate of drug-likeness (QED) is 0.475. The monoisotopic (exact) mass is 511 g/mol. The van der Waals surface area contributed by atoms with Crippen molar-refractivity contribution in [3.63, 3.8) is 0 Å². The predicted octanol–water partition coefficient (Wildman–Crippen LogP) is 3.16. The summed E-state index contributed by atoms with van der Waals surface area (Å²) in [4.78, 5) is 43.9. The number of pyridine rings is 1. The molecule has 1 N–H and O–H groups in total. The van der Waals surface area contributed by atoms with Crippen molar-refractivity contribution in [2.75, 3.05) is 25.8 Å². The zero-order valence-electron chi connectivity index (χ0n) is 21.0. The molecule has 0 spiro atoms. The number of ether oxygens (including phenoxy) is 4. The molecular formula is C25H29N5O7. The second-order valence-electron chi connectivity index (χ2n) is 9.38. The maximum Gasteiger partial charge on any atom is 0.435 e. The van der Waals surface area contributed by atoms with Crippen molar-refractivity contribution in [2.45, 2.75) is 45.1 Å².